The Kier molecular flexibility index (Phi) is 4.34. The molecule has 1 atom stereocenters. The Hall–Kier alpha value is -0.530. The Balaban J connectivity index is 2.25. The summed E-state index contributed by atoms with van der Waals surface area (Å²) in [4.78, 5) is 0. The van der Waals surface area contributed by atoms with Crippen molar-refractivity contribution in [3.8, 4) is 0 Å². The SMILES string of the molecule is CC(C)CC1(C(N)c2cccc(Cl)c2)CCCC1. The van der Waals surface area contributed by atoms with E-state index in [0.717, 1.165) is 5.02 Å². The van der Waals surface area contributed by atoms with Gasteiger partial charge in [0.2, 0.25) is 0 Å². The Bertz CT molecular complexity index is 394. The van der Waals surface area contributed by atoms with Crippen LogP contribution in [0.25, 0.3) is 0 Å². The van der Waals surface area contributed by atoms with Gasteiger partial charge in [0.25, 0.3) is 0 Å². The molecule has 0 amide bonds. The van der Waals surface area contributed by atoms with Gasteiger partial charge in [0.05, 0.1) is 0 Å². The third kappa shape index (κ3) is 2.89. The number of benzene rings is 1. The number of rotatable bonds is 4. The molecule has 2 N–H and O–H groups in total. The molecular formula is C16H24ClN. The highest BCUT2D eigenvalue weighted by Crippen LogP contribution is 2.50. The summed E-state index contributed by atoms with van der Waals surface area (Å²) in [7, 11) is 0. The van der Waals surface area contributed by atoms with E-state index in [9.17, 15) is 0 Å². The molecule has 0 radical (unpaired) electrons. The van der Waals surface area contributed by atoms with Gasteiger partial charge >= 0.3 is 0 Å². The highest BCUT2D eigenvalue weighted by Gasteiger charge is 2.40. The molecule has 1 aromatic rings. The lowest BCUT2D eigenvalue weighted by molar-refractivity contribution is 0.183. The summed E-state index contributed by atoms with van der Waals surface area (Å²) in [5.74, 6) is 0.702. The molecule has 2 heteroatoms. The average Bonchev–Trinajstić information content (AvgIpc) is 2.77. The molecule has 0 bridgehead atoms. The summed E-state index contributed by atoms with van der Waals surface area (Å²) in [6.07, 6.45) is 6.39. The van der Waals surface area contributed by atoms with Crippen molar-refractivity contribution in [1.82, 2.24) is 0 Å². The number of halogens is 1. The van der Waals surface area contributed by atoms with Crippen molar-refractivity contribution in [3.05, 3.63) is 34.9 Å². The van der Waals surface area contributed by atoms with E-state index in [2.05, 4.69) is 19.9 Å². The maximum Gasteiger partial charge on any atom is 0.0409 e. The molecule has 0 heterocycles. The minimum atomic E-state index is 0.126. The molecule has 1 saturated carbocycles. The van der Waals surface area contributed by atoms with Gasteiger partial charge in [-0.05, 0) is 48.3 Å². The zero-order chi connectivity index (χ0) is 13.2. The van der Waals surface area contributed by atoms with Gasteiger partial charge in [-0.3, -0.25) is 0 Å². The lowest BCUT2D eigenvalue weighted by Crippen LogP contribution is -2.33. The van der Waals surface area contributed by atoms with E-state index >= 15 is 0 Å². The number of hydrogen-bond donors (Lipinski definition) is 1. The van der Waals surface area contributed by atoms with E-state index in [1.54, 1.807) is 0 Å². The monoisotopic (exact) mass is 265 g/mol. The smallest absolute Gasteiger partial charge is 0.0409 e. The van der Waals surface area contributed by atoms with Crippen LogP contribution in [-0.2, 0) is 0 Å². The van der Waals surface area contributed by atoms with Crippen molar-refractivity contribution in [2.24, 2.45) is 17.1 Å². The quantitative estimate of drug-likeness (QED) is 0.819. The van der Waals surface area contributed by atoms with Crippen LogP contribution in [0, 0.1) is 11.3 Å². The summed E-state index contributed by atoms with van der Waals surface area (Å²) in [6, 6.07) is 8.21. The minimum absolute atomic E-state index is 0.126. The van der Waals surface area contributed by atoms with E-state index < -0.39 is 0 Å². The fourth-order valence-corrected chi connectivity index (χ4v) is 3.79. The van der Waals surface area contributed by atoms with Crippen LogP contribution in [0.4, 0.5) is 0 Å². The van der Waals surface area contributed by atoms with Gasteiger partial charge in [-0.15, -0.1) is 0 Å². The lowest BCUT2D eigenvalue weighted by atomic mass is 9.71. The molecule has 100 valence electrons. The average molecular weight is 266 g/mol. The van der Waals surface area contributed by atoms with E-state index in [1.807, 2.05) is 18.2 Å². The molecule has 2 rings (SSSR count). The predicted octanol–water partition coefficient (Wildman–Crippen LogP) is 4.95. The largest absolute Gasteiger partial charge is 0.323 e. The summed E-state index contributed by atoms with van der Waals surface area (Å²) in [6.45, 7) is 4.59. The number of hydrogen-bond acceptors (Lipinski definition) is 1. The van der Waals surface area contributed by atoms with Crippen LogP contribution in [0.15, 0.2) is 24.3 Å². The second-order valence-corrected chi connectivity index (χ2v) is 6.64. The Morgan fingerprint density at radius 1 is 1.28 bits per heavy atom. The fourth-order valence-electron chi connectivity index (χ4n) is 3.59. The van der Waals surface area contributed by atoms with E-state index in [1.165, 1.54) is 37.7 Å². The number of nitrogens with two attached hydrogens (primary N) is 1. The minimum Gasteiger partial charge on any atom is -0.323 e. The molecule has 1 unspecified atom stereocenters. The molecule has 1 fully saturated rings. The van der Waals surface area contributed by atoms with Gasteiger partial charge in [0.1, 0.15) is 0 Å². The van der Waals surface area contributed by atoms with Crippen LogP contribution >= 0.6 is 11.6 Å². The lowest BCUT2D eigenvalue weighted by Gasteiger charge is -2.37. The Labute approximate surface area is 116 Å². The van der Waals surface area contributed by atoms with Crippen molar-refractivity contribution >= 4 is 11.6 Å². The zero-order valence-corrected chi connectivity index (χ0v) is 12.2. The fraction of sp³-hybridized carbons (Fsp3) is 0.625. The van der Waals surface area contributed by atoms with Gasteiger partial charge in [-0.1, -0.05) is 50.4 Å². The molecule has 0 saturated heterocycles. The van der Waals surface area contributed by atoms with Crippen LogP contribution in [-0.4, -0.2) is 0 Å². The Morgan fingerprint density at radius 2 is 1.94 bits per heavy atom. The van der Waals surface area contributed by atoms with Crippen molar-refractivity contribution in [2.45, 2.75) is 52.0 Å². The molecule has 1 aliphatic carbocycles. The molecule has 0 aliphatic heterocycles. The first-order chi connectivity index (χ1) is 8.53. The normalized spacial score (nSPS) is 20.3. The van der Waals surface area contributed by atoms with Gasteiger partial charge in [0, 0.05) is 11.1 Å². The molecule has 0 aromatic heterocycles. The summed E-state index contributed by atoms with van der Waals surface area (Å²) >= 11 is 6.09. The van der Waals surface area contributed by atoms with Crippen molar-refractivity contribution in [3.63, 3.8) is 0 Å². The first-order valence-electron chi connectivity index (χ1n) is 7.04. The maximum atomic E-state index is 6.59. The first kappa shape index (κ1) is 13.9. The van der Waals surface area contributed by atoms with Gasteiger partial charge < -0.3 is 5.73 Å². The van der Waals surface area contributed by atoms with E-state index in [-0.39, 0.29) is 6.04 Å². The molecule has 1 aromatic carbocycles. The van der Waals surface area contributed by atoms with Gasteiger partial charge in [0.15, 0.2) is 0 Å². The van der Waals surface area contributed by atoms with Gasteiger partial charge in [-0.2, -0.15) is 0 Å². The topological polar surface area (TPSA) is 26.0 Å². The van der Waals surface area contributed by atoms with Crippen LogP contribution in [0.5, 0.6) is 0 Å². The third-order valence-corrected chi connectivity index (χ3v) is 4.52. The molecule has 1 aliphatic rings. The van der Waals surface area contributed by atoms with Crippen molar-refractivity contribution in [2.75, 3.05) is 0 Å². The highest BCUT2D eigenvalue weighted by atomic mass is 35.5. The maximum absolute atomic E-state index is 6.59. The first-order valence-corrected chi connectivity index (χ1v) is 7.42. The van der Waals surface area contributed by atoms with Crippen LogP contribution < -0.4 is 5.73 Å². The van der Waals surface area contributed by atoms with E-state index in [4.69, 9.17) is 17.3 Å². The van der Waals surface area contributed by atoms with E-state index in [0.29, 0.717) is 11.3 Å². The molecule has 18 heavy (non-hydrogen) atoms. The molecule has 0 spiro atoms. The summed E-state index contributed by atoms with van der Waals surface area (Å²) in [5.41, 5.74) is 8.08. The molecule has 1 nitrogen and oxygen atoms in total. The Morgan fingerprint density at radius 3 is 2.50 bits per heavy atom. The standard InChI is InChI=1S/C16H24ClN/c1-12(2)11-16(8-3-4-9-16)15(18)13-6-5-7-14(17)10-13/h5-7,10,12,15H,3-4,8-9,11,18H2,1-2H3. The van der Waals surface area contributed by atoms with Crippen LogP contribution in [0.1, 0.15) is 57.6 Å². The van der Waals surface area contributed by atoms with Crippen LogP contribution in [0.2, 0.25) is 5.02 Å². The zero-order valence-electron chi connectivity index (χ0n) is 11.5. The predicted molar refractivity (Wildman–Crippen MR) is 78.7 cm³/mol. The second-order valence-electron chi connectivity index (χ2n) is 6.20. The summed E-state index contributed by atoms with van der Waals surface area (Å²) in [5, 5.41) is 0.792. The van der Waals surface area contributed by atoms with Gasteiger partial charge in [-0.25, -0.2) is 0 Å². The second kappa shape index (κ2) is 5.63. The van der Waals surface area contributed by atoms with Crippen LogP contribution in [0.3, 0.4) is 0 Å². The highest BCUT2D eigenvalue weighted by molar-refractivity contribution is 6.30. The van der Waals surface area contributed by atoms with Crippen molar-refractivity contribution < 1.29 is 0 Å². The molecular weight excluding hydrogens is 242 g/mol. The van der Waals surface area contributed by atoms with Crippen molar-refractivity contribution in [1.29, 1.82) is 0 Å². The third-order valence-electron chi connectivity index (χ3n) is 4.28. The summed E-state index contributed by atoms with van der Waals surface area (Å²) < 4.78 is 0.